The predicted octanol–water partition coefficient (Wildman–Crippen LogP) is 4.90. The van der Waals surface area contributed by atoms with Crippen LogP contribution in [-0.2, 0) is 0 Å². The second kappa shape index (κ2) is 4.54. The third-order valence-electron chi connectivity index (χ3n) is 2.26. The summed E-state index contributed by atoms with van der Waals surface area (Å²) in [5, 5.41) is 1.55. The van der Waals surface area contributed by atoms with Crippen molar-refractivity contribution in [2.24, 2.45) is 0 Å². The molecule has 2 rings (SSSR count). The summed E-state index contributed by atoms with van der Waals surface area (Å²) >= 11 is 18.0. The number of nitrogen functional groups attached to an aromatic ring is 1. The molecule has 0 bridgehead atoms. The van der Waals surface area contributed by atoms with E-state index in [1.54, 1.807) is 18.2 Å². The van der Waals surface area contributed by atoms with Crippen LogP contribution in [0.1, 0.15) is 0 Å². The lowest BCUT2D eigenvalue weighted by atomic mass is 10.1. The van der Waals surface area contributed by atoms with Crippen LogP contribution >= 0.6 is 34.8 Å². The van der Waals surface area contributed by atoms with Gasteiger partial charge in [0.25, 0.3) is 0 Å². The Hall–Kier alpha value is -0.890. The normalized spacial score (nSPS) is 10.4. The molecule has 0 aromatic heterocycles. The van der Waals surface area contributed by atoms with Crippen molar-refractivity contribution in [3.63, 3.8) is 0 Å². The molecule has 82 valence electrons. The average Bonchev–Trinajstić information content (AvgIpc) is 2.26. The molecule has 0 aliphatic carbocycles. The van der Waals surface area contributed by atoms with Gasteiger partial charge in [-0.3, -0.25) is 0 Å². The average molecular weight is 273 g/mol. The van der Waals surface area contributed by atoms with Gasteiger partial charge in [0.1, 0.15) is 0 Å². The number of rotatable bonds is 1. The summed E-state index contributed by atoms with van der Waals surface area (Å²) in [6.07, 6.45) is 0. The Morgan fingerprint density at radius 3 is 2.31 bits per heavy atom. The molecule has 0 saturated heterocycles. The number of benzene rings is 2. The summed E-state index contributed by atoms with van der Waals surface area (Å²) < 4.78 is 0. The Kier molecular flexibility index (Phi) is 3.29. The molecular formula is C12H8Cl3N. The highest BCUT2D eigenvalue weighted by Crippen LogP contribution is 2.35. The highest BCUT2D eigenvalue weighted by molar-refractivity contribution is 6.43. The van der Waals surface area contributed by atoms with Gasteiger partial charge in [-0.25, -0.2) is 0 Å². The van der Waals surface area contributed by atoms with Crippen LogP contribution in [0.3, 0.4) is 0 Å². The first-order valence-electron chi connectivity index (χ1n) is 4.59. The Bertz CT molecular complexity index is 538. The van der Waals surface area contributed by atoms with Gasteiger partial charge in [-0.2, -0.15) is 0 Å². The van der Waals surface area contributed by atoms with E-state index in [4.69, 9.17) is 40.5 Å². The van der Waals surface area contributed by atoms with E-state index >= 15 is 0 Å². The van der Waals surface area contributed by atoms with Crippen LogP contribution < -0.4 is 5.73 Å². The zero-order chi connectivity index (χ0) is 11.7. The van der Waals surface area contributed by atoms with Gasteiger partial charge in [0.05, 0.1) is 20.8 Å². The molecule has 0 atom stereocenters. The van der Waals surface area contributed by atoms with Crippen molar-refractivity contribution < 1.29 is 0 Å². The van der Waals surface area contributed by atoms with Gasteiger partial charge < -0.3 is 5.73 Å². The molecule has 4 heteroatoms. The van der Waals surface area contributed by atoms with Crippen molar-refractivity contribution in [1.29, 1.82) is 0 Å². The molecule has 0 amide bonds. The number of halogens is 3. The third kappa shape index (κ3) is 2.12. The lowest BCUT2D eigenvalue weighted by Gasteiger charge is -2.07. The zero-order valence-electron chi connectivity index (χ0n) is 8.18. The van der Waals surface area contributed by atoms with Gasteiger partial charge in [0, 0.05) is 5.56 Å². The van der Waals surface area contributed by atoms with E-state index in [9.17, 15) is 0 Å². The van der Waals surface area contributed by atoms with Crippen molar-refractivity contribution in [3.05, 3.63) is 51.5 Å². The first-order chi connectivity index (χ1) is 7.59. The van der Waals surface area contributed by atoms with E-state index in [0.717, 1.165) is 11.1 Å². The molecule has 0 heterocycles. The summed E-state index contributed by atoms with van der Waals surface area (Å²) in [4.78, 5) is 0. The van der Waals surface area contributed by atoms with E-state index < -0.39 is 0 Å². The van der Waals surface area contributed by atoms with E-state index in [0.29, 0.717) is 20.8 Å². The number of hydrogen-bond donors (Lipinski definition) is 1. The molecule has 2 aromatic carbocycles. The highest BCUT2D eigenvalue weighted by Gasteiger charge is 2.07. The monoisotopic (exact) mass is 271 g/mol. The smallest absolute Gasteiger partial charge is 0.0670 e. The molecule has 16 heavy (non-hydrogen) atoms. The van der Waals surface area contributed by atoms with Gasteiger partial charge in [0.2, 0.25) is 0 Å². The standard InChI is InChI=1S/C12H8Cl3N/c13-9-3-1-2-8(12(9)15)7-4-5-11(16)10(14)6-7/h1-6H,16H2. The van der Waals surface area contributed by atoms with Gasteiger partial charge in [-0.05, 0) is 23.8 Å². The summed E-state index contributed by atoms with van der Waals surface area (Å²) in [6.45, 7) is 0. The molecule has 0 saturated carbocycles. The fourth-order valence-electron chi connectivity index (χ4n) is 1.42. The fourth-order valence-corrected chi connectivity index (χ4v) is 2.01. The maximum absolute atomic E-state index is 6.11. The molecular weight excluding hydrogens is 264 g/mol. The van der Waals surface area contributed by atoms with Crippen molar-refractivity contribution in [2.45, 2.75) is 0 Å². The van der Waals surface area contributed by atoms with E-state index in [-0.39, 0.29) is 0 Å². The van der Waals surface area contributed by atoms with Crippen LogP contribution in [0.15, 0.2) is 36.4 Å². The first kappa shape index (κ1) is 11.6. The largest absolute Gasteiger partial charge is 0.398 e. The van der Waals surface area contributed by atoms with Gasteiger partial charge >= 0.3 is 0 Å². The summed E-state index contributed by atoms with van der Waals surface area (Å²) in [6, 6.07) is 10.8. The molecule has 0 aliphatic rings. The lowest BCUT2D eigenvalue weighted by molar-refractivity contribution is 1.61. The summed E-state index contributed by atoms with van der Waals surface area (Å²) in [7, 11) is 0. The molecule has 2 N–H and O–H groups in total. The molecule has 0 fully saturated rings. The Morgan fingerprint density at radius 1 is 0.875 bits per heavy atom. The van der Waals surface area contributed by atoms with Gasteiger partial charge in [-0.15, -0.1) is 0 Å². The maximum Gasteiger partial charge on any atom is 0.0670 e. The molecule has 1 nitrogen and oxygen atoms in total. The van der Waals surface area contributed by atoms with Gasteiger partial charge in [0.15, 0.2) is 0 Å². The quantitative estimate of drug-likeness (QED) is 0.734. The Morgan fingerprint density at radius 2 is 1.62 bits per heavy atom. The SMILES string of the molecule is Nc1ccc(-c2cccc(Cl)c2Cl)cc1Cl. The van der Waals surface area contributed by atoms with Crippen LogP contribution in [0.5, 0.6) is 0 Å². The molecule has 2 aromatic rings. The first-order valence-corrected chi connectivity index (χ1v) is 5.72. The second-order valence-corrected chi connectivity index (χ2v) is 4.53. The molecule has 0 radical (unpaired) electrons. The minimum absolute atomic E-state index is 0.508. The molecule has 0 aliphatic heterocycles. The fraction of sp³-hybridized carbons (Fsp3) is 0. The minimum Gasteiger partial charge on any atom is -0.398 e. The zero-order valence-corrected chi connectivity index (χ0v) is 10.4. The summed E-state index contributed by atoms with van der Waals surface area (Å²) in [5.41, 5.74) is 7.93. The van der Waals surface area contributed by atoms with Crippen LogP contribution in [0.2, 0.25) is 15.1 Å². The predicted molar refractivity (Wildman–Crippen MR) is 71.3 cm³/mol. The highest BCUT2D eigenvalue weighted by atomic mass is 35.5. The summed E-state index contributed by atoms with van der Waals surface area (Å²) in [5.74, 6) is 0. The van der Waals surface area contributed by atoms with E-state index in [1.807, 2.05) is 18.2 Å². The maximum atomic E-state index is 6.11. The van der Waals surface area contributed by atoms with Gasteiger partial charge in [-0.1, -0.05) is 53.0 Å². The van der Waals surface area contributed by atoms with Crippen LogP contribution in [0.25, 0.3) is 11.1 Å². The van der Waals surface area contributed by atoms with Crippen molar-refractivity contribution in [2.75, 3.05) is 5.73 Å². The Balaban J connectivity index is 2.59. The lowest BCUT2D eigenvalue weighted by Crippen LogP contribution is -1.87. The van der Waals surface area contributed by atoms with E-state index in [2.05, 4.69) is 0 Å². The Labute approximate surface area is 109 Å². The van der Waals surface area contributed by atoms with Crippen LogP contribution in [-0.4, -0.2) is 0 Å². The molecule has 0 unspecified atom stereocenters. The molecule has 0 spiro atoms. The van der Waals surface area contributed by atoms with Crippen molar-refractivity contribution in [1.82, 2.24) is 0 Å². The number of anilines is 1. The van der Waals surface area contributed by atoms with E-state index in [1.165, 1.54) is 0 Å². The number of hydrogen-bond acceptors (Lipinski definition) is 1. The topological polar surface area (TPSA) is 26.0 Å². The number of nitrogens with two attached hydrogens (primary N) is 1. The third-order valence-corrected chi connectivity index (χ3v) is 3.41. The van der Waals surface area contributed by atoms with Crippen molar-refractivity contribution in [3.8, 4) is 11.1 Å². The van der Waals surface area contributed by atoms with Crippen LogP contribution in [0.4, 0.5) is 5.69 Å². The van der Waals surface area contributed by atoms with Crippen LogP contribution in [0, 0.1) is 0 Å². The minimum atomic E-state index is 0.508. The van der Waals surface area contributed by atoms with Crippen molar-refractivity contribution >= 4 is 40.5 Å². The second-order valence-electron chi connectivity index (χ2n) is 3.34.